The second-order valence-electron chi connectivity index (χ2n) is 12.6. The second-order valence-corrected chi connectivity index (χ2v) is 14.8. The molecular formula is C33H32IN9O6S. The number of urea groups is 1. The predicted octanol–water partition coefficient (Wildman–Crippen LogP) is 3.99. The normalized spacial score (nSPS) is 18.9. The molecule has 4 aliphatic heterocycles. The zero-order chi connectivity index (χ0) is 34.5. The van der Waals surface area contributed by atoms with E-state index in [1.54, 1.807) is 23.1 Å². The van der Waals surface area contributed by atoms with Crippen LogP contribution in [0.5, 0.6) is 11.5 Å². The molecule has 0 radical (unpaired) electrons. The molecule has 8 rings (SSSR count). The van der Waals surface area contributed by atoms with E-state index in [0.29, 0.717) is 65.1 Å². The Kier molecular flexibility index (Phi) is 8.62. The summed E-state index contributed by atoms with van der Waals surface area (Å²) in [6, 6.07) is 8.17. The topological polar surface area (TPSA) is 187 Å². The van der Waals surface area contributed by atoms with E-state index in [-0.39, 0.29) is 44.0 Å². The number of nitrogen functional groups attached to an aromatic ring is 1. The van der Waals surface area contributed by atoms with Crippen molar-refractivity contribution in [2.75, 3.05) is 30.9 Å². The van der Waals surface area contributed by atoms with E-state index >= 15 is 0 Å². The van der Waals surface area contributed by atoms with Gasteiger partial charge in [0.25, 0.3) is 5.91 Å². The number of anilines is 2. The molecule has 2 fully saturated rings. The molecule has 258 valence electrons. The van der Waals surface area contributed by atoms with Gasteiger partial charge in [-0.1, -0.05) is 17.8 Å². The highest BCUT2D eigenvalue weighted by atomic mass is 127. The van der Waals surface area contributed by atoms with Gasteiger partial charge in [-0.3, -0.25) is 19.7 Å². The monoisotopic (exact) mass is 809 g/mol. The molecule has 0 spiro atoms. The van der Waals surface area contributed by atoms with Gasteiger partial charge in [0.1, 0.15) is 12.4 Å². The summed E-state index contributed by atoms with van der Waals surface area (Å²) in [5.41, 5.74) is 9.11. The smallest absolute Gasteiger partial charge is 0.321 e. The van der Waals surface area contributed by atoms with Crippen LogP contribution in [0.15, 0.2) is 46.7 Å². The minimum Gasteiger partial charge on any atom is -0.454 e. The maximum absolute atomic E-state index is 13.4. The van der Waals surface area contributed by atoms with Crippen LogP contribution < -0.4 is 25.8 Å². The van der Waals surface area contributed by atoms with Gasteiger partial charge in [0, 0.05) is 57.9 Å². The van der Waals surface area contributed by atoms with Crippen LogP contribution in [-0.4, -0.2) is 79.0 Å². The number of aromatic nitrogens is 4. The quantitative estimate of drug-likeness (QED) is 0.181. The van der Waals surface area contributed by atoms with Crippen LogP contribution in [0.2, 0.25) is 0 Å². The SMILES string of the molecule is Nc1ncnc2c1nc(Sc1cc3c(cc1I)OCO3)n2CCC1CCN(C(=O)Nc2cccc3c2CN(C2CCC(=O)NC2=O)C3=O)CC1. The van der Waals surface area contributed by atoms with Gasteiger partial charge in [-0.05, 0) is 78.5 Å². The Morgan fingerprint density at radius 1 is 1.10 bits per heavy atom. The minimum absolute atomic E-state index is 0.179. The van der Waals surface area contributed by atoms with Gasteiger partial charge in [0.05, 0.1) is 0 Å². The number of rotatable bonds is 7. The summed E-state index contributed by atoms with van der Waals surface area (Å²) in [5.74, 6) is 1.04. The number of hydrogen-bond acceptors (Lipinski definition) is 11. The first kappa shape index (κ1) is 32.5. The third-order valence-electron chi connectivity index (χ3n) is 9.64. The van der Waals surface area contributed by atoms with E-state index in [0.717, 1.165) is 38.6 Å². The Morgan fingerprint density at radius 2 is 1.90 bits per heavy atom. The van der Waals surface area contributed by atoms with Crippen molar-refractivity contribution in [1.82, 2.24) is 34.6 Å². The number of amides is 5. The molecule has 2 saturated heterocycles. The molecule has 2 aromatic heterocycles. The molecule has 0 bridgehead atoms. The molecule has 2 aromatic carbocycles. The molecule has 50 heavy (non-hydrogen) atoms. The molecule has 1 unspecified atom stereocenters. The summed E-state index contributed by atoms with van der Waals surface area (Å²) in [7, 11) is 0. The summed E-state index contributed by atoms with van der Waals surface area (Å²) in [4.78, 5) is 68.5. The molecule has 4 aromatic rings. The average molecular weight is 810 g/mol. The lowest BCUT2D eigenvalue weighted by Gasteiger charge is -2.32. The molecule has 0 aliphatic carbocycles. The highest BCUT2D eigenvalue weighted by Crippen LogP contribution is 2.42. The fourth-order valence-electron chi connectivity index (χ4n) is 6.92. The van der Waals surface area contributed by atoms with E-state index in [9.17, 15) is 19.2 Å². The van der Waals surface area contributed by atoms with E-state index in [1.807, 2.05) is 12.1 Å². The molecule has 17 heteroatoms. The number of nitrogens with zero attached hydrogens (tertiary/aromatic N) is 6. The highest BCUT2D eigenvalue weighted by Gasteiger charge is 2.40. The second kappa shape index (κ2) is 13.2. The van der Waals surface area contributed by atoms with Gasteiger partial charge in [-0.25, -0.2) is 19.7 Å². The summed E-state index contributed by atoms with van der Waals surface area (Å²) in [6.45, 7) is 2.23. The molecule has 4 aliphatic rings. The van der Waals surface area contributed by atoms with Crippen molar-refractivity contribution in [3.05, 3.63) is 51.4 Å². The summed E-state index contributed by atoms with van der Waals surface area (Å²) < 4.78 is 14.2. The number of piperidine rings is 2. The lowest BCUT2D eigenvalue weighted by atomic mass is 9.93. The van der Waals surface area contributed by atoms with Crippen molar-refractivity contribution in [2.24, 2.45) is 5.92 Å². The lowest BCUT2D eigenvalue weighted by Crippen LogP contribution is -2.52. The van der Waals surface area contributed by atoms with E-state index in [2.05, 4.69) is 47.8 Å². The number of nitrogens with one attached hydrogen (secondary N) is 2. The van der Waals surface area contributed by atoms with Gasteiger partial charge >= 0.3 is 6.03 Å². The largest absolute Gasteiger partial charge is 0.454 e. The Morgan fingerprint density at radius 3 is 2.70 bits per heavy atom. The van der Waals surface area contributed by atoms with Gasteiger partial charge in [-0.2, -0.15) is 0 Å². The molecule has 6 heterocycles. The van der Waals surface area contributed by atoms with Gasteiger partial charge in [0.2, 0.25) is 18.6 Å². The molecule has 1 atom stereocenters. The fraction of sp³-hybridized carbons (Fsp3) is 0.364. The predicted molar refractivity (Wildman–Crippen MR) is 190 cm³/mol. The number of halogens is 1. The van der Waals surface area contributed by atoms with Crippen LogP contribution in [0, 0.1) is 9.49 Å². The van der Waals surface area contributed by atoms with E-state index < -0.39 is 11.9 Å². The van der Waals surface area contributed by atoms with Crippen LogP contribution in [-0.2, 0) is 22.7 Å². The fourth-order valence-corrected chi connectivity index (χ4v) is 8.63. The number of fused-ring (bicyclic) bond motifs is 3. The standard InChI is InChI=1S/C33H32IN9O6S/c34-20-12-23-24(49-16-48-23)13-25(20)50-33-40-27-28(35)36-15-37-29(27)42(33)11-8-17-6-9-41(10-7-17)32(47)38-21-3-1-2-18-19(21)14-43(31(18)46)22-4-5-26(44)39-30(22)45/h1-3,12-13,15,17,22H,4-11,14,16H2,(H,38,47)(H2,35,36,37)(H,39,44,45). The molecular weight excluding hydrogens is 777 g/mol. The summed E-state index contributed by atoms with van der Waals surface area (Å²) >= 11 is 3.80. The number of ether oxygens (including phenoxy) is 2. The third kappa shape index (κ3) is 6.05. The van der Waals surface area contributed by atoms with E-state index in [1.165, 1.54) is 23.0 Å². The first-order valence-electron chi connectivity index (χ1n) is 16.3. The van der Waals surface area contributed by atoms with Crippen LogP contribution in [0.1, 0.15) is 48.0 Å². The molecule has 5 amide bonds. The zero-order valence-corrected chi connectivity index (χ0v) is 29.7. The Bertz CT molecular complexity index is 2070. The third-order valence-corrected chi connectivity index (χ3v) is 12.0. The number of benzene rings is 2. The Labute approximate surface area is 303 Å². The molecule has 4 N–H and O–H groups in total. The average Bonchev–Trinajstić information content (AvgIpc) is 3.80. The number of imide groups is 1. The van der Waals surface area contributed by atoms with Crippen molar-refractivity contribution in [2.45, 2.75) is 61.3 Å². The number of nitrogens with two attached hydrogens (primary N) is 1. The number of carbonyl (C=O) groups is 4. The Hall–Kier alpha value is -4.65. The van der Waals surface area contributed by atoms with Gasteiger partial charge in [0.15, 0.2) is 33.6 Å². The summed E-state index contributed by atoms with van der Waals surface area (Å²) in [6.07, 6.45) is 4.43. The maximum Gasteiger partial charge on any atom is 0.321 e. The highest BCUT2D eigenvalue weighted by molar-refractivity contribution is 14.1. The van der Waals surface area contributed by atoms with Crippen molar-refractivity contribution >= 4 is 80.8 Å². The van der Waals surface area contributed by atoms with Crippen LogP contribution in [0.25, 0.3) is 11.2 Å². The number of imidazole rings is 1. The first-order chi connectivity index (χ1) is 24.2. The van der Waals surface area contributed by atoms with Crippen molar-refractivity contribution in [3.8, 4) is 11.5 Å². The molecule has 15 nitrogen and oxygen atoms in total. The number of aryl methyl sites for hydroxylation is 1. The summed E-state index contributed by atoms with van der Waals surface area (Å²) in [5, 5.41) is 6.09. The van der Waals surface area contributed by atoms with Gasteiger partial charge in [-0.15, -0.1) is 0 Å². The number of hydrogen-bond donors (Lipinski definition) is 3. The number of carbonyl (C=O) groups excluding carboxylic acids is 4. The minimum atomic E-state index is -0.720. The number of likely N-dealkylation sites (tertiary alicyclic amines) is 1. The first-order valence-corrected chi connectivity index (χ1v) is 18.2. The van der Waals surface area contributed by atoms with Crippen LogP contribution in [0.4, 0.5) is 16.3 Å². The van der Waals surface area contributed by atoms with Crippen molar-refractivity contribution < 1.29 is 28.7 Å². The molecule has 0 saturated carbocycles. The van der Waals surface area contributed by atoms with E-state index in [4.69, 9.17) is 20.2 Å². The van der Waals surface area contributed by atoms with Crippen molar-refractivity contribution in [3.63, 3.8) is 0 Å². The maximum atomic E-state index is 13.4. The lowest BCUT2D eigenvalue weighted by molar-refractivity contribution is -0.136. The zero-order valence-electron chi connectivity index (χ0n) is 26.7. The van der Waals surface area contributed by atoms with Crippen LogP contribution in [0.3, 0.4) is 0 Å². The van der Waals surface area contributed by atoms with Crippen molar-refractivity contribution in [1.29, 1.82) is 0 Å². The van der Waals surface area contributed by atoms with Crippen LogP contribution >= 0.6 is 34.4 Å². The Balaban J connectivity index is 0.908. The van der Waals surface area contributed by atoms with Gasteiger partial charge < -0.3 is 34.9 Å².